The zero-order chi connectivity index (χ0) is 15.8. The molecule has 2 aromatic carbocycles. The Kier molecular flexibility index (Phi) is 3.50. The molecule has 0 spiro atoms. The fourth-order valence-corrected chi connectivity index (χ4v) is 3.77. The maximum Gasteiger partial charge on any atom is 0.261 e. The zero-order valence-electron chi connectivity index (χ0n) is 12.2. The molecule has 1 unspecified atom stereocenters. The third kappa shape index (κ3) is 2.80. The fourth-order valence-electron chi connectivity index (χ4n) is 2.79. The van der Waals surface area contributed by atoms with Crippen molar-refractivity contribution in [1.82, 2.24) is 5.32 Å². The first-order chi connectivity index (χ1) is 11.2. The quantitative estimate of drug-likeness (QED) is 0.795. The Bertz CT molecular complexity index is 857. The van der Waals surface area contributed by atoms with Crippen molar-refractivity contribution in [2.45, 2.75) is 12.5 Å². The molecule has 116 valence electrons. The third-order valence-electron chi connectivity index (χ3n) is 3.90. The Morgan fingerprint density at radius 3 is 3.00 bits per heavy atom. The van der Waals surface area contributed by atoms with Gasteiger partial charge in [0.1, 0.15) is 17.7 Å². The van der Waals surface area contributed by atoms with Crippen LogP contribution in [0.4, 0.5) is 4.39 Å². The number of ether oxygens (including phenoxy) is 1. The van der Waals surface area contributed by atoms with E-state index in [-0.39, 0.29) is 17.8 Å². The van der Waals surface area contributed by atoms with Crippen molar-refractivity contribution in [3.05, 3.63) is 64.8 Å². The number of benzene rings is 2. The van der Waals surface area contributed by atoms with Crippen LogP contribution in [-0.4, -0.2) is 18.6 Å². The van der Waals surface area contributed by atoms with E-state index in [1.807, 2.05) is 30.3 Å². The van der Waals surface area contributed by atoms with Gasteiger partial charge in [0, 0.05) is 16.7 Å². The lowest BCUT2D eigenvalue weighted by molar-refractivity contribution is 0.0937. The number of thiophene rings is 1. The standard InChI is InChI=1S/C18H14FNO2S/c19-13-5-6-15-12(7-13)8-14(22-15)10-20-18(21)17-9-11-3-1-2-4-16(11)23-17/h1-7,9,14H,8,10H2,(H,20,21). The smallest absolute Gasteiger partial charge is 0.261 e. The van der Waals surface area contributed by atoms with Crippen molar-refractivity contribution in [2.24, 2.45) is 0 Å². The number of hydrogen-bond donors (Lipinski definition) is 1. The number of hydrogen-bond acceptors (Lipinski definition) is 3. The minimum absolute atomic E-state index is 0.100. The first-order valence-electron chi connectivity index (χ1n) is 7.41. The first-order valence-corrected chi connectivity index (χ1v) is 8.22. The Morgan fingerprint density at radius 2 is 2.13 bits per heavy atom. The van der Waals surface area contributed by atoms with Crippen LogP contribution in [0.2, 0.25) is 0 Å². The average molecular weight is 327 g/mol. The van der Waals surface area contributed by atoms with Gasteiger partial charge in [0.25, 0.3) is 5.91 Å². The van der Waals surface area contributed by atoms with Crippen LogP contribution in [0.25, 0.3) is 10.1 Å². The highest BCUT2D eigenvalue weighted by molar-refractivity contribution is 7.20. The van der Waals surface area contributed by atoms with Gasteiger partial charge in [-0.05, 0) is 35.7 Å². The molecule has 0 bridgehead atoms. The van der Waals surface area contributed by atoms with Crippen molar-refractivity contribution in [1.29, 1.82) is 0 Å². The summed E-state index contributed by atoms with van der Waals surface area (Å²) in [7, 11) is 0. The van der Waals surface area contributed by atoms with Crippen molar-refractivity contribution < 1.29 is 13.9 Å². The number of rotatable bonds is 3. The van der Waals surface area contributed by atoms with Crippen molar-refractivity contribution in [2.75, 3.05) is 6.54 Å². The predicted octanol–water partition coefficient (Wildman–Crippen LogP) is 3.77. The zero-order valence-corrected chi connectivity index (χ0v) is 13.0. The number of carbonyl (C=O) groups excluding carboxylic acids is 1. The summed E-state index contributed by atoms with van der Waals surface area (Å²) >= 11 is 1.47. The summed E-state index contributed by atoms with van der Waals surface area (Å²) in [6.07, 6.45) is 0.463. The highest BCUT2D eigenvalue weighted by Gasteiger charge is 2.24. The Labute approximate surface area is 136 Å². The van der Waals surface area contributed by atoms with Crippen LogP contribution in [0.3, 0.4) is 0 Å². The highest BCUT2D eigenvalue weighted by atomic mass is 32.1. The summed E-state index contributed by atoms with van der Waals surface area (Å²) in [5.41, 5.74) is 0.853. The van der Waals surface area contributed by atoms with E-state index in [4.69, 9.17) is 4.74 Å². The van der Waals surface area contributed by atoms with Crippen molar-refractivity contribution in [3.8, 4) is 5.75 Å². The Balaban J connectivity index is 1.41. The van der Waals surface area contributed by atoms with E-state index in [0.29, 0.717) is 23.6 Å². The van der Waals surface area contributed by atoms with Gasteiger partial charge in [0.05, 0.1) is 11.4 Å². The van der Waals surface area contributed by atoms with Crippen molar-refractivity contribution >= 4 is 27.3 Å². The van der Waals surface area contributed by atoms with Gasteiger partial charge in [-0.3, -0.25) is 4.79 Å². The summed E-state index contributed by atoms with van der Waals surface area (Å²) in [4.78, 5) is 13.0. The normalized spacial score (nSPS) is 16.1. The molecule has 0 aliphatic carbocycles. The van der Waals surface area contributed by atoms with Crippen LogP contribution in [0, 0.1) is 5.82 Å². The van der Waals surface area contributed by atoms with Crippen LogP contribution < -0.4 is 10.1 Å². The molecular formula is C18H14FNO2S. The third-order valence-corrected chi connectivity index (χ3v) is 5.02. The van der Waals surface area contributed by atoms with Gasteiger partial charge in [-0.15, -0.1) is 11.3 Å². The molecule has 1 atom stereocenters. The molecule has 4 rings (SSSR count). The maximum absolute atomic E-state index is 13.2. The van der Waals surface area contributed by atoms with Gasteiger partial charge < -0.3 is 10.1 Å². The fraction of sp³-hybridized carbons (Fsp3) is 0.167. The molecular weight excluding hydrogens is 313 g/mol. The molecule has 1 aliphatic rings. The topological polar surface area (TPSA) is 38.3 Å². The van der Waals surface area contributed by atoms with Gasteiger partial charge in [-0.25, -0.2) is 4.39 Å². The van der Waals surface area contributed by atoms with Gasteiger partial charge in [-0.2, -0.15) is 0 Å². The molecule has 5 heteroatoms. The predicted molar refractivity (Wildman–Crippen MR) is 88.7 cm³/mol. The minimum atomic E-state index is -0.262. The number of amides is 1. The minimum Gasteiger partial charge on any atom is -0.488 e. The molecule has 0 fully saturated rings. The molecule has 3 aromatic rings. The molecule has 1 amide bonds. The van der Waals surface area contributed by atoms with Crippen LogP contribution in [0.5, 0.6) is 5.75 Å². The van der Waals surface area contributed by atoms with Crippen LogP contribution in [0.1, 0.15) is 15.2 Å². The van der Waals surface area contributed by atoms with Crippen LogP contribution in [-0.2, 0) is 6.42 Å². The number of fused-ring (bicyclic) bond motifs is 2. The summed E-state index contributed by atoms with van der Waals surface area (Å²) < 4.78 is 20.0. The lowest BCUT2D eigenvalue weighted by atomic mass is 10.1. The van der Waals surface area contributed by atoms with Crippen LogP contribution >= 0.6 is 11.3 Å². The maximum atomic E-state index is 13.2. The van der Waals surface area contributed by atoms with Gasteiger partial charge >= 0.3 is 0 Å². The number of halogens is 1. The summed E-state index contributed by atoms with van der Waals surface area (Å²) in [5.74, 6) is 0.340. The number of carbonyl (C=O) groups is 1. The molecule has 1 N–H and O–H groups in total. The largest absolute Gasteiger partial charge is 0.488 e. The molecule has 0 radical (unpaired) electrons. The van der Waals surface area contributed by atoms with E-state index in [1.165, 1.54) is 23.5 Å². The van der Waals surface area contributed by atoms with E-state index in [2.05, 4.69) is 5.32 Å². The molecule has 1 aromatic heterocycles. The second-order valence-electron chi connectivity index (χ2n) is 5.55. The molecule has 23 heavy (non-hydrogen) atoms. The molecule has 0 saturated carbocycles. The highest BCUT2D eigenvalue weighted by Crippen LogP contribution is 2.29. The first kappa shape index (κ1) is 14.2. The lowest BCUT2D eigenvalue weighted by Gasteiger charge is -2.11. The Morgan fingerprint density at radius 1 is 1.26 bits per heavy atom. The van der Waals surface area contributed by atoms with E-state index < -0.39 is 0 Å². The monoisotopic (exact) mass is 327 g/mol. The van der Waals surface area contributed by atoms with Crippen LogP contribution in [0.15, 0.2) is 48.5 Å². The summed E-state index contributed by atoms with van der Waals surface area (Å²) in [6.45, 7) is 0.406. The lowest BCUT2D eigenvalue weighted by Crippen LogP contribution is -2.34. The second kappa shape index (κ2) is 5.66. The second-order valence-corrected chi connectivity index (χ2v) is 6.64. The summed E-state index contributed by atoms with van der Waals surface area (Å²) in [6, 6.07) is 14.3. The van der Waals surface area contributed by atoms with Crippen molar-refractivity contribution in [3.63, 3.8) is 0 Å². The Hall–Kier alpha value is -2.40. The summed E-state index contributed by atoms with van der Waals surface area (Å²) in [5, 5.41) is 3.98. The van der Waals surface area contributed by atoms with E-state index in [1.54, 1.807) is 6.07 Å². The average Bonchev–Trinajstić information content (AvgIpc) is 3.15. The van der Waals surface area contributed by atoms with E-state index in [0.717, 1.165) is 15.6 Å². The van der Waals surface area contributed by atoms with E-state index >= 15 is 0 Å². The molecule has 1 aliphatic heterocycles. The SMILES string of the molecule is O=C(NCC1Cc2cc(F)ccc2O1)c1cc2ccccc2s1. The number of nitrogens with one attached hydrogen (secondary N) is 1. The van der Waals surface area contributed by atoms with Gasteiger partial charge in [0.2, 0.25) is 0 Å². The molecule has 3 nitrogen and oxygen atoms in total. The molecule has 0 saturated heterocycles. The van der Waals surface area contributed by atoms with Gasteiger partial charge in [0.15, 0.2) is 0 Å². The van der Waals surface area contributed by atoms with Gasteiger partial charge in [-0.1, -0.05) is 18.2 Å². The molecule has 2 heterocycles. The van der Waals surface area contributed by atoms with E-state index in [9.17, 15) is 9.18 Å².